The van der Waals surface area contributed by atoms with E-state index in [1.807, 2.05) is 60.0 Å². The Bertz CT molecular complexity index is 711. The summed E-state index contributed by atoms with van der Waals surface area (Å²) in [4.78, 5) is 25.1. The van der Waals surface area contributed by atoms with Crippen LogP contribution in [0.5, 0.6) is 0 Å². The predicted octanol–water partition coefficient (Wildman–Crippen LogP) is 1.58. The maximum absolute atomic E-state index is 12.4. The normalized spacial score (nSPS) is 17.1. The molecule has 0 aromatic carbocycles. The van der Waals surface area contributed by atoms with E-state index in [1.165, 1.54) is 0 Å². The van der Waals surface area contributed by atoms with Crippen molar-refractivity contribution in [3.05, 3.63) is 42.2 Å². The zero-order valence-electron chi connectivity index (χ0n) is 14.4. The molecule has 0 bridgehead atoms. The summed E-state index contributed by atoms with van der Waals surface area (Å²) in [6.07, 6.45) is 6.45. The first kappa shape index (κ1) is 16.3. The minimum Gasteiger partial charge on any atom is -0.376 e. The molecule has 1 fully saturated rings. The number of likely N-dealkylation sites (tertiary alicyclic amines) is 1. The Morgan fingerprint density at radius 1 is 1.38 bits per heavy atom. The van der Waals surface area contributed by atoms with Crippen molar-refractivity contribution in [1.29, 1.82) is 0 Å². The fourth-order valence-electron chi connectivity index (χ4n) is 3.17. The highest BCUT2D eigenvalue weighted by Crippen LogP contribution is 2.25. The molecule has 1 unspecified atom stereocenters. The van der Waals surface area contributed by atoms with Crippen LogP contribution in [0.25, 0.3) is 0 Å². The van der Waals surface area contributed by atoms with Crippen LogP contribution in [0.1, 0.15) is 23.9 Å². The van der Waals surface area contributed by atoms with Gasteiger partial charge in [-0.1, -0.05) is 0 Å². The Morgan fingerprint density at radius 2 is 2.21 bits per heavy atom. The van der Waals surface area contributed by atoms with E-state index in [1.54, 1.807) is 6.20 Å². The Labute approximate surface area is 142 Å². The molecular weight excluding hydrogens is 304 g/mol. The number of carbonyl (C=O) groups is 1. The summed E-state index contributed by atoms with van der Waals surface area (Å²) in [6.45, 7) is 1.89. The van der Waals surface area contributed by atoms with Crippen molar-refractivity contribution >= 4 is 11.7 Å². The Kier molecular flexibility index (Phi) is 4.69. The van der Waals surface area contributed by atoms with Gasteiger partial charge in [-0.3, -0.25) is 4.98 Å². The molecule has 2 aromatic heterocycles. The molecular formula is C17H24N6O. The first-order valence-corrected chi connectivity index (χ1v) is 8.17. The fraction of sp³-hybridized carbons (Fsp3) is 0.471. The summed E-state index contributed by atoms with van der Waals surface area (Å²) >= 11 is 0. The Hall–Kier alpha value is -2.57. The number of nitrogens with zero attached hydrogens (tertiary/aromatic N) is 5. The third kappa shape index (κ3) is 3.34. The molecule has 128 valence electrons. The monoisotopic (exact) mass is 328 g/mol. The number of imidazole rings is 1. The van der Waals surface area contributed by atoms with Crippen molar-refractivity contribution in [3.8, 4) is 0 Å². The van der Waals surface area contributed by atoms with Crippen LogP contribution >= 0.6 is 0 Å². The Morgan fingerprint density at radius 3 is 2.92 bits per heavy atom. The molecule has 1 aliphatic rings. The smallest absolute Gasteiger partial charge is 0.317 e. The van der Waals surface area contributed by atoms with Gasteiger partial charge in [-0.15, -0.1) is 0 Å². The van der Waals surface area contributed by atoms with Gasteiger partial charge in [-0.25, -0.2) is 9.78 Å². The van der Waals surface area contributed by atoms with E-state index in [0.29, 0.717) is 19.0 Å². The topological polar surface area (TPSA) is 66.3 Å². The molecule has 24 heavy (non-hydrogen) atoms. The SMILES string of the molecule is CN(C)c1cccnc1CNC(=O)N1CCC(c2nccn2C)C1. The molecule has 1 aliphatic heterocycles. The number of hydrogen-bond donors (Lipinski definition) is 1. The lowest BCUT2D eigenvalue weighted by molar-refractivity contribution is 0.207. The largest absolute Gasteiger partial charge is 0.376 e. The van der Waals surface area contributed by atoms with Crippen molar-refractivity contribution in [2.45, 2.75) is 18.9 Å². The number of amides is 2. The molecule has 1 atom stereocenters. The van der Waals surface area contributed by atoms with Crippen molar-refractivity contribution in [2.24, 2.45) is 7.05 Å². The van der Waals surface area contributed by atoms with Crippen LogP contribution in [-0.4, -0.2) is 52.7 Å². The van der Waals surface area contributed by atoms with Crippen molar-refractivity contribution in [2.75, 3.05) is 32.1 Å². The molecule has 7 heteroatoms. The van der Waals surface area contributed by atoms with Crippen LogP contribution in [0.15, 0.2) is 30.7 Å². The molecule has 1 saturated heterocycles. The van der Waals surface area contributed by atoms with Gasteiger partial charge >= 0.3 is 6.03 Å². The molecule has 0 aliphatic carbocycles. The molecule has 0 spiro atoms. The Balaban J connectivity index is 1.58. The van der Waals surface area contributed by atoms with Crippen LogP contribution in [-0.2, 0) is 13.6 Å². The third-order valence-electron chi connectivity index (χ3n) is 4.45. The average Bonchev–Trinajstić information content (AvgIpc) is 3.21. The van der Waals surface area contributed by atoms with Gasteiger partial charge < -0.3 is 19.7 Å². The summed E-state index contributed by atoms with van der Waals surface area (Å²) in [5, 5.41) is 2.99. The zero-order chi connectivity index (χ0) is 17.1. The van der Waals surface area contributed by atoms with Crippen molar-refractivity contribution in [3.63, 3.8) is 0 Å². The maximum Gasteiger partial charge on any atom is 0.317 e. The van der Waals surface area contributed by atoms with E-state index in [2.05, 4.69) is 15.3 Å². The highest BCUT2D eigenvalue weighted by atomic mass is 16.2. The van der Waals surface area contributed by atoms with Crippen LogP contribution in [0.4, 0.5) is 10.5 Å². The molecule has 7 nitrogen and oxygen atoms in total. The summed E-state index contributed by atoms with van der Waals surface area (Å²) in [6, 6.07) is 3.86. The number of hydrogen-bond acceptors (Lipinski definition) is 4. The third-order valence-corrected chi connectivity index (χ3v) is 4.45. The van der Waals surface area contributed by atoms with Gasteiger partial charge in [0.05, 0.1) is 17.9 Å². The molecule has 3 heterocycles. The number of carbonyl (C=O) groups excluding carboxylic acids is 1. The summed E-state index contributed by atoms with van der Waals surface area (Å²) in [7, 11) is 5.94. The fourth-order valence-corrected chi connectivity index (χ4v) is 3.17. The van der Waals surface area contributed by atoms with Crippen LogP contribution in [0, 0.1) is 0 Å². The quantitative estimate of drug-likeness (QED) is 0.925. The van der Waals surface area contributed by atoms with E-state index in [9.17, 15) is 4.79 Å². The second-order valence-electron chi connectivity index (χ2n) is 6.35. The van der Waals surface area contributed by atoms with Gasteiger partial charge in [0.25, 0.3) is 0 Å². The summed E-state index contributed by atoms with van der Waals surface area (Å²) in [5.74, 6) is 1.35. The summed E-state index contributed by atoms with van der Waals surface area (Å²) < 4.78 is 2.03. The van der Waals surface area contributed by atoms with Gasteiger partial charge in [0.15, 0.2) is 0 Å². The second-order valence-corrected chi connectivity index (χ2v) is 6.35. The van der Waals surface area contributed by atoms with E-state index in [-0.39, 0.29) is 6.03 Å². The number of aromatic nitrogens is 3. The standard InChI is InChI=1S/C17H24N6O/c1-21(2)15-5-4-7-18-14(15)11-20-17(24)23-9-6-13(12-23)16-19-8-10-22(16)3/h4-5,7-8,10,13H,6,9,11-12H2,1-3H3,(H,20,24). The highest BCUT2D eigenvalue weighted by Gasteiger charge is 2.29. The molecule has 3 rings (SSSR count). The molecule has 1 N–H and O–H groups in total. The minimum absolute atomic E-state index is 0.0398. The maximum atomic E-state index is 12.4. The van der Waals surface area contributed by atoms with E-state index in [0.717, 1.165) is 30.2 Å². The lowest BCUT2D eigenvalue weighted by Crippen LogP contribution is -2.38. The molecule has 0 radical (unpaired) electrons. The van der Waals surface area contributed by atoms with E-state index in [4.69, 9.17) is 0 Å². The number of nitrogens with one attached hydrogen (secondary N) is 1. The van der Waals surface area contributed by atoms with Crippen molar-refractivity contribution < 1.29 is 4.79 Å². The molecule has 0 saturated carbocycles. The van der Waals surface area contributed by atoms with E-state index < -0.39 is 0 Å². The van der Waals surface area contributed by atoms with Gasteiger partial charge in [0.1, 0.15) is 5.82 Å². The van der Waals surface area contributed by atoms with Crippen LogP contribution in [0.3, 0.4) is 0 Å². The van der Waals surface area contributed by atoms with Crippen LogP contribution in [0.2, 0.25) is 0 Å². The van der Waals surface area contributed by atoms with Gasteiger partial charge in [0, 0.05) is 58.7 Å². The predicted molar refractivity (Wildman–Crippen MR) is 92.9 cm³/mol. The van der Waals surface area contributed by atoms with Crippen LogP contribution < -0.4 is 10.2 Å². The number of urea groups is 1. The molecule has 2 aromatic rings. The van der Waals surface area contributed by atoms with Gasteiger partial charge in [-0.2, -0.15) is 0 Å². The minimum atomic E-state index is -0.0398. The average molecular weight is 328 g/mol. The first-order valence-electron chi connectivity index (χ1n) is 8.17. The van der Waals surface area contributed by atoms with Gasteiger partial charge in [-0.05, 0) is 18.6 Å². The first-order chi connectivity index (χ1) is 11.6. The van der Waals surface area contributed by atoms with Gasteiger partial charge in [0.2, 0.25) is 0 Å². The second kappa shape index (κ2) is 6.90. The lowest BCUT2D eigenvalue weighted by atomic mass is 10.1. The molecule has 2 amide bonds. The highest BCUT2D eigenvalue weighted by molar-refractivity contribution is 5.74. The number of rotatable bonds is 4. The lowest BCUT2D eigenvalue weighted by Gasteiger charge is -2.19. The van der Waals surface area contributed by atoms with E-state index >= 15 is 0 Å². The summed E-state index contributed by atoms with van der Waals surface area (Å²) in [5.41, 5.74) is 1.89. The number of aryl methyl sites for hydroxylation is 1. The van der Waals surface area contributed by atoms with Crippen molar-refractivity contribution in [1.82, 2.24) is 24.8 Å². The number of anilines is 1. The number of pyridine rings is 1. The zero-order valence-corrected chi connectivity index (χ0v) is 14.4.